The summed E-state index contributed by atoms with van der Waals surface area (Å²) < 4.78 is 5.45. The Hall–Kier alpha value is -1.81. The molecule has 0 unspecified atom stereocenters. The molecule has 1 saturated heterocycles. The highest BCUT2D eigenvalue weighted by Crippen LogP contribution is 2.51. The van der Waals surface area contributed by atoms with Crippen molar-refractivity contribution in [2.45, 2.75) is 18.9 Å². The van der Waals surface area contributed by atoms with E-state index in [4.69, 9.17) is 4.74 Å². The van der Waals surface area contributed by atoms with Gasteiger partial charge in [0.15, 0.2) is 0 Å². The number of thiophene rings is 1. The van der Waals surface area contributed by atoms with E-state index in [2.05, 4.69) is 16.8 Å². The van der Waals surface area contributed by atoms with Crippen molar-refractivity contribution in [3.63, 3.8) is 0 Å². The van der Waals surface area contributed by atoms with Crippen LogP contribution in [0.1, 0.15) is 23.5 Å². The molecule has 4 heteroatoms. The Kier molecular flexibility index (Phi) is 3.62. The van der Waals surface area contributed by atoms with Gasteiger partial charge in [-0.15, -0.1) is 0 Å². The van der Waals surface area contributed by atoms with Crippen LogP contribution in [-0.4, -0.2) is 24.1 Å². The van der Waals surface area contributed by atoms with Crippen molar-refractivity contribution in [3.05, 3.63) is 58.3 Å². The van der Waals surface area contributed by atoms with E-state index in [0.29, 0.717) is 24.4 Å². The summed E-state index contributed by atoms with van der Waals surface area (Å²) in [5.41, 5.74) is 2.49. The molecule has 2 aromatic rings. The van der Waals surface area contributed by atoms with Crippen LogP contribution in [0.15, 0.2) is 47.2 Å². The molecule has 114 valence electrons. The molecule has 1 aromatic carbocycles. The van der Waals surface area contributed by atoms with Crippen LogP contribution in [0.5, 0.6) is 0 Å². The third kappa shape index (κ3) is 2.52. The normalized spacial score (nSPS) is 26.4. The van der Waals surface area contributed by atoms with Crippen LogP contribution in [0.4, 0.5) is 4.79 Å². The smallest absolute Gasteiger partial charge is 0.410 e. The Balaban J connectivity index is 1.32. The van der Waals surface area contributed by atoms with E-state index in [1.807, 2.05) is 35.2 Å². The fourth-order valence-corrected chi connectivity index (χ4v) is 4.46. The van der Waals surface area contributed by atoms with Crippen LogP contribution in [-0.2, 0) is 11.3 Å². The first-order valence-corrected chi connectivity index (χ1v) is 8.73. The van der Waals surface area contributed by atoms with E-state index >= 15 is 0 Å². The fraction of sp³-hybridized carbons (Fsp3) is 0.389. The highest BCUT2D eigenvalue weighted by Gasteiger charge is 2.49. The number of ether oxygens (including phenoxy) is 1. The molecule has 1 aliphatic carbocycles. The summed E-state index contributed by atoms with van der Waals surface area (Å²) in [6.07, 6.45) is 1.05. The minimum absolute atomic E-state index is 0.165. The van der Waals surface area contributed by atoms with Gasteiger partial charge in [-0.2, -0.15) is 11.3 Å². The van der Waals surface area contributed by atoms with Crippen molar-refractivity contribution in [1.29, 1.82) is 0 Å². The van der Waals surface area contributed by atoms with E-state index in [1.54, 1.807) is 11.3 Å². The third-order valence-electron chi connectivity index (χ3n) is 5.00. The maximum absolute atomic E-state index is 12.2. The molecule has 1 amide bonds. The van der Waals surface area contributed by atoms with E-state index in [-0.39, 0.29) is 6.09 Å². The van der Waals surface area contributed by atoms with Crippen LogP contribution in [0, 0.1) is 11.8 Å². The monoisotopic (exact) mass is 313 g/mol. The highest BCUT2D eigenvalue weighted by molar-refractivity contribution is 7.08. The maximum atomic E-state index is 12.2. The summed E-state index contributed by atoms with van der Waals surface area (Å²) in [5.74, 6) is 1.93. The van der Waals surface area contributed by atoms with Crippen LogP contribution in [0.3, 0.4) is 0 Å². The molecule has 2 heterocycles. The van der Waals surface area contributed by atoms with Gasteiger partial charge in [-0.3, -0.25) is 0 Å². The lowest BCUT2D eigenvalue weighted by atomic mass is 9.64. The summed E-state index contributed by atoms with van der Waals surface area (Å²) in [4.78, 5) is 14.1. The lowest BCUT2D eigenvalue weighted by Gasteiger charge is -2.39. The SMILES string of the molecule is O=C(OCc1ccccc1)N1C[C@H]2C[C@H](c3ccsc3)[C@H]2C1. The first-order chi connectivity index (χ1) is 10.8. The predicted molar refractivity (Wildman–Crippen MR) is 86.9 cm³/mol. The van der Waals surface area contributed by atoms with E-state index in [0.717, 1.165) is 18.7 Å². The van der Waals surface area contributed by atoms with Gasteiger partial charge in [0.2, 0.25) is 0 Å². The largest absolute Gasteiger partial charge is 0.445 e. The lowest BCUT2D eigenvalue weighted by Crippen LogP contribution is -2.33. The number of hydrogen-bond donors (Lipinski definition) is 0. The topological polar surface area (TPSA) is 29.5 Å². The average Bonchev–Trinajstić information content (AvgIpc) is 3.16. The van der Waals surface area contributed by atoms with Crippen LogP contribution in [0.25, 0.3) is 0 Å². The molecule has 3 atom stereocenters. The average molecular weight is 313 g/mol. The van der Waals surface area contributed by atoms with E-state index in [9.17, 15) is 4.79 Å². The molecule has 22 heavy (non-hydrogen) atoms. The first kappa shape index (κ1) is 13.8. The Bertz CT molecular complexity index is 640. The van der Waals surface area contributed by atoms with Gasteiger partial charge in [-0.25, -0.2) is 4.79 Å². The predicted octanol–water partition coefficient (Wildman–Crippen LogP) is 4.12. The van der Waals surface area contributed by atoms with Crippen LogP contribution >= 0.6 is 11.3 Å². The second kappa shape index (κ2) is 5.76. The van der Waals surface area contributed by atoms with Crippen LogP contribution < -0.4 is 0 Å². The number of hydrogen-bond acceptors (Lipinski definition) is 3. The van der Waals surface area contributed by atoms with Crippen molar-refractivity contribution in [3.8, 4) is 0 Å². The molecular weight excluding hydrogens is 294 g/mol. The molecule has 3 nitrogen and oxygen atoms in total. The maximum Gasteiger partial charge on any atom is 0.410 e. The quantitative estimate of drug-likeness (QED) is 0.853. The second-order valence-electron chi connectivity index (χ2n) is 6.27. The summed E-state index contributed by atoms with van der Waals surface area (Å²) >= 11 is 1.76. The fourth-order valence-electron chi connectivity index (χ4n) is 3.74. The minimum Gasteiger partial charge on any atom is -0.445 e. The van der Waals surface area contributed by atoms with E-state index < -0.39 is 0 Å². The number of rotatable bonds is 3. The molecule has 1 aromatic heterocycles. The van der Waals surface area contributed by atoms with Gasteiger partial charge in [0.05, 0.1) is 0 Å². The van der Waals surface area contributed by atoms with Crippen molar-refractivity contribution in [2.75, 3.05) is 13.1 Å². The zero-order chi connectivity index (χ0) is 14.9. The molecule has 2 aliphatic rings. The van der Waals surface area contributed by atoms with Gasteiger partial charge in [0, 0.05) is 13.1 Å². The van der Waals surface area contributed by atoms with Gasteiger partial charge in [0.1, 0.15) is 6.61 Å². The molecule has 1 aliphatic heterocycles. The van der Waals surface area contributed by atoms with Crippen molar-refractivity contribution in [2.24, 2.45) is 11.8 Å². The Morgan fingerprint density at radius 1 is 1.23 bits per heavy atom. The molecule has 2 fully saturated rings. The first-order valence-electron chi connectivity index (χ1n) is 7.79. The van der Waals surface area contributed by atoms with Gasteiger partial charge in [-0.1, -0.05) is 30.3 Å². The molecule has 0 bridgehead atoms. The number of carbonyl (C=O) groups excluding carboxylic acids is 1. The molecule has 4 rings (SSSR count). The Morgan fingerprint density at radius 2 is 2.09 bits per heavy atom. The summed E-state index contributed by atoms with van der Waals surface area (Å²) in [6.45, 7) is 2.07. The van der Waals surface area contributed by atoms with Gasteiger partial charge >= 0.3 is 6.09 Å². The summed E-state index contributed by atoms with van der Waals surface area (Å²) in [7, 11) is 0. The number of nitrogens with zero attached hydrogens (tertiary/aromatic N) is 1. The van der Waals surface area contributed by atoms with Gasteiger partial charge in [0.25, 0.3) is 0 Å². The Labute approximate surface area is 134 Å². The number of carbonyl (C=O) groups is 1. The second-order valence-corrected chi connectivity index (χ2v) is 7.05. The third-order valence-corrected chi connectivity index (χ3v) is 5.70. The molecule has 0 spiro atoms. The highest BCUT2D eigenvalue weighted by atomic mass is 32.1. The molecular formula is C18H19NO2S. The zero-order valence-electron chi connectivity index (χ0n) is 12.4. The van der Waals surface area contributed by atoms with Crippen molar-refractivity contribution in [1.82, 2.24) is 4.90 Å². The van der Waals surface area contributed by atoms with E-state index in [1.165, 1.54) is 12.0 Å². The minimum atomic E-state index is -0.165. The van der Waals surface area contributed by atoms with Gasteiger partial charge in [-0.05, 0) is 52.1 Å². The zero-order valence-corrected chi connectivity index (χ0v) is 13.2. The Morgan fingerprint density at radius 3 is 2.86 bits per heavy atom. The van der Waals surface area contributed by atoms with Crippen molar-refractivity contribution < 1.29 is 9.53 Å². The standard InChI is InChI=1S/C18H19NO2S/c20-18(21-11-13-4-2-1-3-5-13)19-9-15-8-16(17(15)10-19)14-6-7-22-12-14/h1-7,12,15-17H,8-11H2/t15-,16-,17+/m1/s1. The number of amides is 1. The molecule has 0 N–H and O–H groups in total. The molecule has 0 radical (unpaired) electrons. The van der Waals surface area contributed by atoms with Gasteiger partial charge < -0.3 is 9.64 Å². The van der Waals surface area contributed by atoms with Crippen molar-refractivity contribution >= 4 is 17.4 Å². The number of benzene rings is 1. The number of likely N-dealkylation sites (tertiary alicyclic amines) is 1. The van der Waals surface area contributed by atoms with Crippen LogP contribution in [0.2, 0.25) is 0 Å². The lowest BCUT2D eigenvalue weighted by molar-refractivity contribution is 0.103. The molecule has 1 saturated carbocycles. The number of fused-ring (bicyclic) bond motifs is 1. The summed E-state index contributed by atoms with van der Waals surface area (Å²) in [5, 5.41) is 4.39. The summed E-state index contributed by atoms with van der Waals surface area (Å²) in [6, 6.07) is 12.1.